The summed E-state index contributed by atoms with van der Waals surface area (Å²) in [6, 6.07) is 6.25. The summed E-state index contributed by atoms with van der Waals surface area (Å²) in [6.07, 6.45) is 0. The quantitative estimate of drug-likeness (QED) is 0.256. The molecule has 1 aromatic carbocycles. The molecule has 1 aromatic rings. The Balaban J connectivity index is 2.92. The van der Waals surface area contributed by atoms with Crippen molar-refractivity contribution in [1.82, 2.24) is 0 Å². The fourth-order valence-electron chi connectivity index (χ4n) is 1.30. The van der Waals surface area contributed by atoms with Crippen LogP contribution in [-0.2, 0) is 19.1 Å². The summed E-state index contributed by atoms with van der Waals surface area (Å²) >= 11 is -0.805. The summed E-state index contributed by atoms with van der Waals surface area (Å²) in [5.41, 5.74) is -0.169. The Morgan fingerprint density at radius 2 is 1.70 bits per heavy atom. The number of ether oxygens (including phenoxy) is 2. The Labute approximate surface area is 123 Å². The average Bonchev–Trinajstić information content (AvgIpc) is 2.41. The third kappa shape index (κ3) is 4.82. The molecule has 0 N–H and O–H groups in total. The molecule has 0 unspecified atom stereocenters. The monoisotopic (exact) mass is 341 g/mol. The van der Waals surface area contributed by atoms with Crippen molar-refractivity contribution in [3.8, 4) is 0 Å². The maximum atomic E-state index is 13.5. The Bertz CT molecular complexity index is 494. The normalized spacial score (nSPS) is 10.3. The van der Waals surface area contributed by atoms with Crippen molar-refractivity contribution in [2.45, 2.75) is 13.8 Å². The molecule has 6 heteroatoms. The zero-order valence-electron chi connectivity index (χ0n) is 11.3. The van der Waals surface area contributed by atoms with Crippen LogP contribution in [0.2, 0.25) is 0 Å². The summed E-state index contributed by atoms with van der Waals surface area (Å²) in [5.74, 6) is -1.83. The number of rotatable bonds is 6. The van der Waals surface area contributed by atoms with Gasteiger partial charge in [-0.05, 0) is 0 Å². The van der Waals surface area contributed by atoms with Gasteiger partial charge >= 0.3 is 123 Å². The molecule has 4 nitrogen and oxygen atoms in total. The second kappa shape index (κ2) is 8.54. The van der Waals surface area contributed by atoms with E-state index in [1.807, 2.05) is 0 Å². The van der Waals surface area contributed by atoms with Crippen molar-refractivity contribution < 1.29 is 23.5 Å². The Morgan fingerprint density at radius 3 is 2.20 bits per heavy atom. The van der Waals surface area contributed by atoms with Gasteiger partial charge in [0.2, 0.25) is 0 Å². The van der Waals surface area contributed by atoms with E-state index in [2.05, 4.69) is 0 Å². The number of carbonyl (C=O) groups excluding carboxylic acids is 2. The molecular weight excluding hydrogens is 326 g/mol. The molecule has 0 spiro atoms. The van der Waals surface area contributed by atoms with Crippen molar-refractivity contribution >= 4 is 32.0 Å². The molecule has 0 aromatic heterocycles. The summed E-state index contributed by atoms with van der Waals surface area (Å²) in [7, 11) is 0. The Kier molecular flexibility index (Phi) is 7.02. The van der Waals surface area contributed by atoms with Crippen LogP contribution in [0, 0.1) is 5.82 Å². The predicted octanol–water partition coefficient (Wildman–Crippen LogP) is 1.17. The van der Waals surface area contributed by atoms with E-state index in [0.29, 0.717) is 4.35 Å². The van der Waals surface area contributed by atoms with E-state index >= 15 is 0 Å². The van der Waals surface area contributed by atoms with Crippen LogP contribution in [0.3, 0.4) is 0 Å². The van der Waals surface area contributed by atoms with E-state index < -0.39 is 27.7 Å². The first-order valence-electron chi connectivity index (χ1n) is 6.09. The molecule has 0 amide bonds. The van der Waals surface area contributed by atoms with E-state index in [1.165, 1.54) is 10.9 Å². The molecule has 0 aliphatic carbocycles. The van der Waals surface area contributed by atoms with Crippen molar-refractivity contribution in [1.29, 1.82) is 0 Å². The van der Waals surface area contributed by atoms with Crippen LogP contribution >= 0.6 is 0 Å². The number of esters is 2. The topological polar surface area (TPSA) is 52.6 Å². The van der Waals surface area contributed by atoms with E-state index in [-0.39, 0.29) is 24.6 Å². The molecule has 20 heavy (non-hydrogen) atoms. The molecule has 0 aliphatic rings. The number of halogens is 1. The molecule has 107 valence electrons. The zero-order valence-corrected chi connectivity index (χ0v) is 13.1. The Hall–Kier alpha value is -1.61. The van der Waals surface area contributed by atoms with Gasteiger partial charge in [0.1, 0.15) is 0 Å². The molecule has 0 bridgehead atoms. The van der Waals surface area contributed by atoms with Crippen LogP contribution in [-0.4, -0.2) is 40.9 Å². The average molecular weight is 341 g/mol. The Morgan fingerprint density at radius 1 is 1.15 bits per heavy atom. The van der Waals surface area contributed by atoms with E-state index in [0.717, 1.165) is 0 Å². The van der Waals surface area contributed by atoms with Gasteiger partial charge in [-0.25, -0.2) is 0 Å². The molecule has 0 fully saturated rings. The molecule has 1 rings (SSSR count). The second-order valence-electron chi connectivity index (χ2n) is 3.56. The number of benzene rings is 1. The van der Waals surface area contributed by atoms with Gasteiger partial charge in [-0.15, -0.1) is 0 Å². The summed E-state index contributed by atoms with van der Waals surface area (Å²) in [4.78, 5) is 24.8. The minimum atomic E-state index is -0.805. The number of carbonyl (C=O) groups is 2. The predicted molar refractivity (Wildman–Crippen MR) is 73.1 cm³/mol. The molecule has 0 atom stereocenters. The van der Waals surface area contributed by atoms with Gasteiger partial charge in [-0.1, -0.05) is 0 Å². The van der Waals surface area contributed by atoms with Crippen LogP contribution in [0.15, 0.2) is 34.7 Å². The van der Waals surface area contributed by atoms with E-state index in [9.17, 15) is 14.0 Å². The summed E-state index contributed by atoms with van der Waals surface area (Å²) in [5, 5.41) is 0. The molecule has 0 aliphatic heterocycles. The van der Waals surface area contributed by atoms with Crippen LogP contribution in [0.1, 0.15) is 13.8 Å². The zero-order chi connectivity index (χ0) is 15.0. The van der Waals surface area contributed by atoms with Gasteiger partial charge in [0.05, 0.1) is 0 Å². The molecule has 0 heterocycles. The summed E-state index contributed by atoms with van der Waals surface area (Å²) in [6.45, 7) is 3.61. The van der Waals surface area contributed by atoms with Crippen molar-refractivity contribution in [3.63, 3.8) is 0 Å². The van der Waals surface area contributed by atoms with Crippen molar-refractivity contribution in [2.75, 3.05) is 13.2 Å². The van der Waals surface area contributed by atoms with Crippen LogP contribution in [0.4, 0.5) is 4.39 Å². The van der Waals surface area contributed by atoms with Crippen LogP contribution in [0.25, 0.3) is 0 Å². The maximum absolute atomic E-state index is 13.5. The first-order valence-corrected chi connectivity index (χ1v) is 8.12. The number of hydrogen-bond acceptors (Lipinski definition) is 4. The van der Waals surface area contributed by atoms with Gasteiger partial charge in [0.15, 0.2) is 0 Å². The van der Waals surface area contributed by atoms with Gasteiger partial charge in [-0.3, -0.25) is 0 Å². The summed E-state index contributed by atoms with van der Waals surface area (Å²) < 4.78 is 23.6. The van der Waals surface area contributed by atoms with Crippen molar-refractivity contribution in [2.24, 2.45) is 0 Å². The third-order valence-corrected chi connectivity index (χ3v) is 4.33. The SMILES string of the molecule is CCOC(=O)C(=C[As]c1ccccc1F)C(=O)OCC. The fourth-order valence-corrected chi connectivity index (χ4v) is 3.08. The molecule has 0 saturated heterocycles. The molecule has 0 saturated carbocycles. The van der Waals surface area contributed by atoms with Gasteiger partial charge in [-0.2, -0.15) is 0 Å². The van der Waals surface area contributed by atoms with Crippen LogP contribution in [0.5, 0.6) is 0 Å². The standard InChI is InChI=1S/C14H15AsFO4/c1-3-19-13(17)10(14(18)20-4-2)9-15-11-7-5-6-8-12(11)16/h5-9H,3-4H2,1-2H3. The van der Waals surface area contributed by atoms with Gasteiger partial charge < -0.3 is 0 Å². The fraction of sp³-hybridized carbons (Fsp3) is 0.286. The van der Waals surface area contributed by atoms with E-state index in [4.69, 9.17) is 9.47 Å². The van der Waals surface area contributed by atoms with Crippen LogP contribution < -0.4 is 4.35 Å². The van der Waals surface area contributed by atoms with Crippen molar-refractivity contribution in [3.05, 3.63) is 40.5 Å². The first-order chi connectivity index (χ1) is 9.60. The number of hydrogen-bond donors (Lipinski definition) is 0. The van der Waals surface area contributed by atoms with E-state index in [1.54, 1.807) is 32.0 Å². The first kappa shape index (κ1) is 16.4. The second-order valence-corrected chi connectivity index (χ2v) is 5.66. The minimum absolute atomic E-state index is 0.159. The van der Waals surface area contributed by atoms with Gasteiger partial charge in [0.25, 0.3) is 0 Å². The molecule has 1 radical (unpaired) electrons. The van der Waals surface area contributed by atoms with Gasteiger partial charge in [0, 0.05) is 0 Å². The molecular formula is C14H15AsFO4. The third-order valence-electron chi connectivity index (χ3n) is 2.18.